The second-order valence-electron chi connectivity index (χ2n) is 12.7. The van der Waals surface area contributed by atoms with Gasteiger partial charge in [-0.2, -0.15) is 15.2 Å². The van der Waals surface area contributed by atoms with Gasteiger partial charge in [0.2, 0.25) is 0 Å². The number of fused-ring (bicyclic) bond motifs is 4. The van der Waals surface area contributed by atoms with Crippen LogP contribution in [0.1, 0.15) is 38.7 Å². The molecule has 0 amide bonds. The first-order valence-corrected chi connectivity index (χ1v) is 16.2. The number of nitrogens with zero attached hydrogens (tertiary/aromatic N) is 5. The second kappa shape index (κ2) is 11.7. The lowest BCUT2D eigenvalue weighted by Crippen LogP contribution is -2.51. The predicted octanol–water partition coefficient (Wildman–Crippen LogP) is 6.29. The quantitative estimate of drug-likeness (QED) is 0.235. The van der Waals surface area contributed by atoms with Crippen LogP contribution in [-0.4, -0.2) is 66.3 Å². The van der Waals surface area contributed by atoms with Crippen molar-refractivity contribution in [3.8, 4) is 23.2 Å². The molecule has 240 valence electrons. The van der Waals surface area contributed by atoms with E-state index >= 15 is 8.78 Å². The summed E-state index contributed by atoms with van der Waals surface area (Å²) in [5.74, 6) is -2.20. The van der Waals surface area contributed by atoms with Crippen molar-refractivity contribution in [2.24, 2.45) is 5.41 Å². The standard InChI is InChI=1S/C33H33F4N7OS/c1-3-43-9-8-17(11-34)33(2,15-43)16-45-32-41-28-21(31(42-32)44-13-18-4-5-19(14-44)40-18)10-24(36)26(27(28)37)20-6-7-23(35)29-25(20)22(12-38)30(39)46-29/h6-7,10-11,18-19,40H,3-5,8-9,13-16,39H2,1-2H3/b17-11+/t18-,19+,33-/m0/s1. The van der Waals surface area contributed by atoms with E-state index in [9.17, 15) is 14.0 Å². The molecule has 8 nitrogen and oxygen atoms in total. The van der Waals surface area contributed by atoms with E-state index in [4.69, 9.17) is 15.5 Å². The van der Waals surface area contributed by atoms with Gasteiger partial charge in [0.15, 0.2) is 5.82 Å². The van der Waals surface area contributed by atoms with Crippen LogP contribution in [0.3, 0.4) is 0 Å². The lowest BCUT2D eigenvalue weighted by molar-refractivity contribution is 0.0977. The number of nitrogens with one attached hydrogen (secondary N) is 1. The molecule has 3 saturated heterocycles. The molecule has 2 bridgehead atoms. The van der Waals surface area contributed by atoms with Crippen molar-refractivity contribution < 1.29 is 22.3 Å². The highest BCUT2D eigenvalue weighted by atomic mass is 32.1. The van der Waals surface area contributed by atoms with Crippen molar-refractivity contribution >= 4 is 43.1 Å². The zero-order valence-electron chi connectivity index (χ0n) is 25.5. The summed E-state index contributed by atoms with van der Waals surface area (Å²) in [7, 11) is 0. The normalized spacial score (nSPS) is 24.3. The molecule has 46 heavy (non-hydrogen) atoms. The summed E-state index contributed by atoms with van der Waals surface area (Å²) in [4.78, 5) is 13.4. The van der Waals surface area contributed by atoms with Crippen LogP contribution >= 0.6 is 11.3 Å². The zero-order valence-corrected chi connectivity index (χ0v) is 26.3. The van der Waals surface area contributed by atoms with E-state index in [0.717, 1.165) is 43.3 Å². The van der Waals surface area contributed by atoms with E-state index in [2.05, 4.69) is 15.2 Å². The summed E-state index contributed by atoms with van der Waals surface area (Å²) >= 11 is 0.850. The van der Waals surface area contributed by atoms with E-state index in [1.807, 2.05) is 24.8 Å². The van der Waals surface area contributed by atoms with Crippen LogP contribution in [0.4, 0.5) is 28.4 Å². The summed E-state index contributed by atoms with van der Waals surface area (Å²) in [5, 5.41) is 13.6. The van der Waals surface area contributed by atoms with Crippen molar-refractivity contribution in [3.63, 3.8) is 0 Å². The van der Waals surface area contributed by atoms with Crippen molar-refractivity contribution in [2.75, 3.05) is 50.0 Å². The first-order chi connectivity index (χ1) is 22.1. The molecule has 3 aliphatic heterocycles. The Morgan fingerprint density at radius 3 is 2.65 bits per heavy atom. The molecule has 2 aromatic heterocycles. The SMILES string of the molecule is CCN1CC/C(=C\F)[C@](C)(COc2nc(N3C[C@H]4CC[C@@H](C3)N4)c3cc(F)c(-c4ccc(F)c5sc(N)c(C#N)c45)c(F)c3n2)C1. The van der Waals surface area contributed by atoms with Crippen molar-refractivity contribution in [3.05, 3.63) is 53.1 Å². The molecule has 3 atom stereocenters. The number of aromatic nitrogens is 2. The summed E-state index contributed by atoms with van der Waals surface area (Å²) < 4.78 is 67.9. The number of thiophene rings is 1. The first-order valence-electron chi connectivity index (χ1n) is 15.4. The van der Waals surface area contributed by atoms with Gasteiger partial charge in [0.1, 0.15) is 40.6 Å². The van der Waals surface area contributed by atoms with Crippen molar-refractivity contribution in [2.45, 2.75) is 45.2 Å². The number of piperazine rings is 1. The van der Waals surface area contributed by atoms with Crippen LogP contribution < -0.4 is 20.7 Å². The second-order valence-corrected chi connectivity index (χ2v) is 13.7. The molecule has 3 fully saturated rings. The molecule has 3 aliphatic rings. The summed E-state index contributed by atoms with van der Waals surface area (Å²) in [6, 6.07) is 5.81. The molecule has 5 heterocycles. The first kappa shape index (κ1) is 30.7. The van der Waals surface area contributed by atoms with Crippen LogP contribution in [0, 0.1) is 34.2 Å². The molecular formula is C33H33F4N7OS. The highest BCUT2D eigenvalue weighted by Crippen LogP contribution is 2.44. The number of hydrogen-bond acceptors (Lipinski definition) is 9. The number of hydrogen-bond donors (Lipinski definition) is 2. The molecule has 0 unspecified atom stereocenters. The Labute approximate surface area is 267 Å². The Hall–Kier alpha value is -3.99. The molecule has 4 aromatic rings. The number of rotatable bonds is 6. The van der Waals surface area contributed by atoms with Gasteiger partial charge in [-0.25, -0.2) is 17.6 Å². The summed E-state index contributed by atoms with van der Waals surface area (Å²) in [6.45, 7) is 7.29. The molecule has 13 heteroatoms. The maximum absolute atomic E-state index is 16.8. The lowest BCUT2D eigenvalue weighted by Gasteiger charge is -2.41. The Bertz CT molecular complexity index is 1930. The molecule has 3 N–H and O–H groups in total. The topological polar surface area (TPSA) is 103 Å². The Morgan fingerprint density at radius 2 is 1.96 bits per heavy atom. The zero-order chi connectivity index (χ0) is 32.3. The lowest BCUT2D eigenvalue weighted by atomic mass is 9.78. The molecule has 0 spiro atoms. The number of benzene rings is 2. The van der Waals surface area contributed by atoms with Gasteiger partial charge in [-0.15, -0.1) is 11.3 Å². The molecular weight excluding hydrogens is 618 g/mol. The van der Waals surface area contributed by atoms with Gasteiger partial charge >= 0.3 is 6.01 Å². The highest BCUT2D eigenvalue weighted by Gasteiger charge is 2.38. The van der Waals surface area contributed by atoms with Gasteiger partial charge in [0.05, 0.1) is 22.2 Å². The summed E-state index contributed by atoms with van der Waals surface area (Å²) in [5.41, 5.74) is 5.27. The van der Waals surface area contributed by atoms with Crippen LogP contribution in [0.25, 0.3) is 32.1 Å². The van der Waals surface area contributed by atoms with Gasteiger partial charge in [0, 0.05) is 54.5 Å². The smallest absolute Gasteiger partial charge is 0.319 e. The largest absolute Gasteiger partial charge is 0.462 e. The average Bonchev–Trinajstić information content (AvgIpc) is 3.58. The minimum absolute atomic E-state index is 0.00672. The number of nitriles is 1. The fraction of sp³-hybridized carbons (Fsp3) is 0.424. The number of halogens is 4. The maximum atomic E-state index is 16.8. The van der Waals surface area contributed by atoms with E-state index in [1.165, 1.54) is 12.1 Å². The monoisotopic (exact) mass is 651 g/mol. The molecule has 2 aromatic carbocycles. The number of ether oxygens (including phenoxy) is 1. The predicted molar refractivity (Wildman–Crippen MR) is 171 cm³/mol. The van der Waals surface area contributed by atoms with Crippen molar-refractivity contribution in [1.29, 1.82) is 5.26 Å². The van der Waals surface area contributed by atoms with Gasteiger partial charge < -0.3 is 25.6 Å². The Balaban J connectivity index is 1.38. The minimum atomic E-state index is -0.992. The van der Waals surface area contributed by atoms with Crippen LogP contribution in [0.15, 0.2) is 30.1 Å². The number of anilines is 2. The minimum Gasteiger partial charge on any atom is -0.462 e. The number of nitrogens with two attached hydrogens (primary N) is 1. The van der Waals surface area contributed by atoms with E-state index in [0.29, 0.717) is 43.8 Å². The van der Waals surface area contributed by atoms with E-state index < -0.39 is 28.4 Å². The Kier molecular flexibility index (Phi) is 7.77. The van der Waals surface area contributed by atoms with Gasteiger partial charge in [-0.1, -0.05) is 19.9 Å². The average molecular weight is 652 g/mol. The van der Waals surface area contributed by atoms with E-state index in [1.54, 1.807) is 0 Å². The highest BCUT2D eigenvalue weighted by molar-refractivity contribution is 7.23. The third-order valence-corrected chi connectivity index (χ3v) is 10.7. The fourth-order valence-corrected chi connectivity index (χ4v) is 8.21. The molecule has 0 saturated carbocycles. The van der Waals surface area contributed by atoms with Crippen LogP contribution in [0.5, 0.6) is 6.01 Å². The van der Waals surface area contributed by atoms with Crippen molar-refractivity contribution in [1.82, 2.24) is 20.2 Å². The number of piperidine rings is 1. The maximum Gasteiger partial charge on any atom is 0.319 e. The molecule has 0 radical (unpaired) electrons. The van der Waals surface area contributed by atoms with Crippen LogP contribution in [-0.2, 0) is 0 Å². The third-order valence-electron chi connectivity index (χ3n) is 9.70. The third kappa shape index (κ3) is 5.03. The number of likely N-dealkylation sites (tertiary alicyclic amines) is 1. The van der Waals surface area contributed by atoms with E-state index in [-0.39, 0.29) is 61.8 Å². The van der Waals surface area contributed by atoms with Gasteiger partial charge in [-0.3, -0.25) is 0 Å². The fourth-order valence-electron chi connectivity index (χ4n) is 7.26. The molecule has 0 aliphatic carbocycles. The summed E-state index contributed by atoms with van der Waals surface area (Å²) in [6.07, 6.45) is 3.16. The van der Waals surface area contributed by atoms with Crippen LogP contribution in [0.2, 0.25) is 0 Å². The molecule has 7 rings (SSSR count). The van der Waals surface area contributed by atoms with Gasteiger partial charge in [0.25, 0.3) is 0 Å². The van der Waals surface area contributed by atoms with Gasteiger partial charge in [-0.05, 0) is 49.1 Å². The number of nitrogen functional groups attached to an aromatic ring is 1. The Morgan fingerprint density at radius 1 is 1.20 bits per heavy atom.